The van der Waals surface area contributed by atoms with Crippen molar-refractivity contribution in [1.82, 2.24) is 9.55 Å². The minimum absolute atomic E-state index is 0.0624. The first-order chi connectivity index (χ1) is 13.1. The summed E-state index contributed by atoms with van der Waals surface area (Å²) in [5.41, 5.74) is 2.25. The normalized spacial score (nSPS) is 10.6. The number of benzene rings is 1. The van der Waals surface area contributed by atoms with Crippen LogP contribution in [0.2, 0.25) is 0 Å². The molecule has 0 bridgehead atoms. The maximum atomic E-state index is 11.9. The van der Waals surface area contributed by atoms with Gasteiger partial charge in [0, 0.05) is 18.5 Å². The summed E-state index contributed by atoms with van der Waals surface area (Å²) in [6.45, 7) is 4.00. The van der Waals surface area contributed by atoms with Crippen LogP contribution in [-0.2, 0) is 32.3 Å². The molecule has 0 aliphatic heterocycles. The molecule has 0 radical (unpaired) electrons. The van der Waals surface area contributed by atoms with Crippen LogP contribution >= 0.6 is 11.8 Å². The third-order valence-corrected chi connectivity index (χ3v) is 4.51. The number of thioether (sulfide) groups is 1. The van der Waals surface area contributed by atoms with Crippen LogP contribution in [0.4, 0.5) is 0 Å². The predicted molar refractivity (Wildman–Crippen MR) is 105 cm³/mol. The molecule has 0 aliphatic carbocycles. The largest absolute Gasteiger partial charge is 0.459 e. The van der Waals surface area contributed by atoms with Crippen LogP contribution in [0, 0.1) is 0 Å². The van der Waals surface area contributed by atoms with Crippen LogP contribution in [0.5, 0.6) is 0 Å². The van der Waals surface area contributed by atoms with E-state index in [1.165, 1.54) is 11.8 Å². The molecule has 0 saturated carbocycles. The summed E-state index contributed by atoms with van der Waals surface area (Å²) >= 11 is 1.49. The van der Waals surface area contributed by atoms with Gasteiger partial charge in [0.15, 0.2) is 5.16 Å². The lowest BCUT2D eigenvalue weighted by molar-refractivity contribution is -0.146. The Labute approximate surface area is 164 Å². The van der Waals surface area contributed by atoms with Crippen LogP contribution in [0.1, 0.15) is 50.9 Å². The van der Waals surface area contributed by atoms with Gasteiger partial charge in [-0.3, -0.25) is 14.2 Å². The van der Waals surface area contributed by atoms with E-state index in [-0.39, 0.29) is 25.2 Å². The zero-order valence-electron chi connectivity index (χ0n) is 16.1. The smallest absolute Gasteiger partial charge is 0.306 e. The van der Waals surface area contributed by atoms with Crippen molar-refractivity contribution in [3.63, 3.8) is 0 Å². The Morgan fingerprint density at radius 1 is 1.00 bits per heavy atom. The minimum atomic E-state index is -0.258. The highest BCUT2D eigenvalue weighted by Crippen LogP contribution is 2.26. The quantitative estimate of drug-likeness (QED) is 0.445. The van der Waals surface area contributed by atoms with Crippen LogP contribution in [0.25, 0.3) is 5.69 Å². The van der Waals surface area contributed by atoms with Crippen molar-refractivity contribution < 1.29 is 19.1 Å². The molecule has 6 nitrogen and oxygen atoms in total. The van der Waals surface area contributed by atoms with E-state index in [4.69, 9.17) is 9.47 Å². The van der Waals surface area contributed by atoms with E-state index in [1.807, 2.05) is 55.0 Å². The molecule has 1 aromatic heterocycles. The Morgan fingerprint density at radius 2 is 1.59 bits per heavy atom. The predicted octanol–water partition coefficient (Wildman–Crippen LogP) is 4.28. The number of nitrogens with zero attached hydrogens (tertiary/aromatic N) is 2. The maximum Gasteiger partial charge on any atom is 0.306 e. The topological polar surface area (TPSA) is 70.4 Å². The van der Waals surface area contributed by atoms with Gasteiger partial charge >= 0.3 is 11.9 Å². The van der Waals surface area contributed by atoms with Gasteiger partial charge in [0.25, 0.3) is 0 Å². The molecular weight excluding hydrogens is 364 g/mol. The van der Waals surface area contributed by atoms with Crippen molar-refractivity contribution in [3.05, 3.63) is 41.7 Å². The van der Waals surface area contributed by atoms with Gasteiger partial charge in [-0.1, -0.05) is 43.8 Å². The Bertz CT molecular complexity index is 759. The molecule has 0 aliphatic rings. The van der Waals surface area contributed by atoms with Crippen LogP contribution in [0.15, 0.2) is 35.5 Å². The van der Waals surface area contributed by atoms with Crippen molar-refractivity contribution in [3.8, 4) is 5.69 Å². The molecule has 2 aromatic rings. The SMILES string of the molecule is CCCC(=O)OCc1nc(SC)n(-c2ccccc2)c1COC(=O)CCC. The van der Waals surface area contributed by atoms with Crippen molar-refractivity contribution in [2.45, 2.75) is 57.9 Å². The Balaban J connectivity index is 2.34. The number of para-hydroxylation sites is 1. The molecule has 0 spiro atoms. The highest BCUT2D eigenvalue weighted by molar-refractivity contribution is 7.98. The summed E-state index contributed by atoms with van der Waals surface area (Å²) in [5.74, 6) is -0.510. The Morgan fingerprint density at radius 3 is 2.15 bits per heavy atom. The van der Waals surface area contributed by atoms with Crippen LogP contribution < -0.4 is 0 Å². The lowest BCUT2D eigenvalue weighted by atomic mass is 10.3. The van der Waals surface area contributed by atoms with Crippen LogP contribution in [0.3, 0.4) is 0 Å². The number of esters is 2. The number of carbonyl (C=O) groups excluding carboxylic acids is 2. The summed E-state index contributed by atoms with van der Waals surface area (Å²) in [5, 5.41) is 0.754. The molecule has 1 aromatic carbocycles. The molecule has 0 N–H and O–H groups in total. The van der Waals surface area contributed by atoms with E-state index in [0.29, 0.717) is 18.5 Å². The second kappa shape index (κ2) is 10.8. The Kier molecular flexibility index (Phi) is 8.39. The number of rotatable bonds is 10. The standard InChI is InChI=1S/C20H26N2O4S/c1-4-9-18(23)25-13-16-17(14-26-19(24)10-5-2)22(20(21-16)27-3)15-11-7-6-8-12-15/h6-8,11-12H,4-5,9-10,13-14H2,1-3H3. The fourth-order valence-electron chi connectivity index (χ4n) is 2.57. The maximum absolute atomic E-state index is 11.9. The molecule has 2 rings (SSSR count). The first kappa shape index (κ1) is 21.0. The zero-order chi connectivity index (χ0) is 19.6. The highest BCUT2D eigenvalue weighted by atomic mass is 32.2. The Hall–Kier alpha value is -2.28. The van der Waals surface area contributed by atoms with Crippen molar-refractivity contribution in [1.29, 1.82) is 0 Å². The second-order valence-electron chi connectivity index (χ2n) is 5.98. The number of carbonyl (C=O) groups is 2. The second-order valence-corrected chi connectivity index (χ2v) is 6.76. The fraction of sp³-hybridized carbons (Fsp3) is 0.450. The van der Waals surface area contributed by atoms with E-state index in [2.05, 4.69) is 4.98 Å². The lowest BCUT2D eigenvalue weighted by Crippen LogP contribution is -2.11. The summed E-state index contributed by atoms with van der Waals surface area (Å²) in [7, 11) is 0. The van der Waals surface area contributed by atoms with E-state index < -0.39 is 0 Å². The van der Waals surface area contributed by atoms with E-state index in [9.17, 15) is 9.59 Å². The van der Waals surface area contributed by atoms with Gasteiger partial charge in [0.05, 0.1) is 5.69 Å². The monoisotopic (exact) mass is 390 g/mol. The van der Waals surface area contributed by atoms with Gasteiger partial charge in [-0.2, -0.15) is 0 Å². The summed E-state index contributed by atoms with van der Waals surface area (Å²) in [6, 6.07) is 9.74. The van der Waals surface area contributed by atoms with E-state index in [1.54, 1.807) is 0 Å². The molecule has 0 atom stereocenters. The van der Waals surface area contributed by atoms with Gasteiger partial charge in [0.2, 0.25) is 0 Å². The van der Waals surface area contributed by atoms with Gasteiger partial charge in [-0.15, -0.1) is 0 Å². The number of hydrogen-bond acceptors (Lipinski definition) is 6. The summed E-state index contributed by atoms with van der Waals surface area (Å²) in [6.07, 6.45) is 4.13. The van der Waals surface area contributed by atoms with Gasteiger partial charge in [-0.05, 0) is 31.2 Å². The first-order valence-corrected chi connectivity index (χ1v) is 10.3. The van der Waals surface area contributed by atoms with Gasteiger partial charge < -0.3 is 9.47 Å². The number of imidazole rings is 1. The number of aromatic nitrogens is 2. The van der Waals surface area contributed by atoms with Gasteiger partial charge in [-0.25, -0.2) is 4.98 Å². The molecule has 0 unspecified atom stereocenters. The summed E-state index contributed by atoms with van der Waals surface area (Å²) in [4.78, 5) is 28.2. The molecule has 1 heterocycles. The highest BCUT2D eigenvalue weighted by Gasteiger charge is 2.20. The lowest BCUT2D eigenvalue weighted by Gasteiger charge is -2.12. The van der Waals surface area contributed by atoms with Crippen molar-refractivity contribution in [2.75, 3.05) is 6.26 Å². The molecule has 27 heavy (non-hydrogen) atoms. The third-order valence-electron chi connectivity index (χ3n) is 3.87. The fourth-order valence-corrected chi connectivity index (χ4v) is 3.17. The third kappa shape index (κ3) is 5.85. The van der Waals surface area contributed by atoms with Gasteiger partial charge in [0.1, 0.15) is 18.9 Å². The minimum Gasteiger partial charge on any atom is -0.459 e. The van der Waals surface area contributed by atoms with Crippen LogP contribution in [-0.4, -0.2) is 27.7 Å². The summed E-state index contributed by atoms with van der Waals surface area (Å²) < 4.78 is 12.7. The molecule has 0 amide bonds. The average molecular weight is 391 g/mol. The number of hydrogen-bond donors (Lipinski definition) is 0. The number of ether oxygens (including phenoxy) is 2. The molecule has 0 saturated heterocycles. The molecule has 0 fully saturated rings. The average Bonchev–Trinajstić information content (AvgIpc) is 3.03. The molecule has 146 valence electrons. The van der Waals surface area contributed by atoms with Crippen molar-refractivity contribution >= 4 is 23.7 Å². The van der Waals surface area contributed by atoms with E-state index in [0.717, 1.165) is 29.4 Å². The zero-order valence-corrected chi connectivity index (χ0v) is 16.9. The first-order valence-electron chi connectivity index (χ1n) is 9.11. The van der Waals surface area contributed by atoms with E-state index >= 15 is 0 Å². The molecular formula is C20H26N2O4S. The molecule has 7 heteroatoms. The van der Waals surface area contributed by atoms with Crippen molar-refractivity contribution in [2.24, 2.45) is 0 Å².